The minimum atomic E-state index is -0.498. The Bertz CT molecular complexity index is 1630. The van der Waals surface area contributed by atoms with Crippen LogP contribution in [0.25, 0.3) is 27.7 Å². The summed E-state index contributed by atoms with van der Waals surface area (Å²) in [4.78, 5) is 18.2. The van der Waals surface area contributed by atoms with E-state index in [-0.39, 0.29) is 12.3 Å². The standard InChI is InChI=1S/C29H21BrN4O2/c1-2-36-29(35)26-25(28-31-22-12-6-10-18-11-7-13-23(32-28)24(18)22)27(19-8-4-3-5-9-19)34(33-26)21-16-14-20(30)15-17-21/h3-17H,2H2,1H3,(H,31,32). The van der Waals surface area contributed by atoms with Crippen LogP contribution in [-0.2, 0) is 4.74 Å². The molecule has 0 saturated carbocycles. The quantitative estimate of drug-likeness (QED) is 0.242. The first-order valence-corrected chi connectivity index (χ1v) is 12.4. The highest BCUT2D eigenvalue weighted by Gasteiger charge is 2.31. The number of benzene rings is 4. The van der Waals surface area contributed by atoms with Gasteiger partial charge in [-0.3, -0.25) is 0 Å². The van der Waals surface area contributed by atoms with Gasteiger partial charge in [-0.2, -0.15) is 5.10 Å². The molecule has 0 atom stereocenters. The Morgan fingerprint density at radius 1 is 0.944 bits per heavy atom. The summed E-state index contributed by atoms with van der Waals surface area (Å²) in [5.41, 5.74) is 5.03. The number of anilines is 1. The van der Waals surface area contributed by atoms with E-state index in [0.29, 0.717) is 11.4 Å². The lowest BCUT2D eigenvalue weighted by Gasteiger charge is -2.20. The van der Waals surface area contributed by atoms with Crippen LogP contribution in [0.1, 0.15) is 23.0 Å². The zero-order chi connectivity index (χ0) is 24.6. The summed E-state index contributed by atoms with van der Waals surface area (Å²) >= 11 is 3.50. The van der Waals surface area contributed by atoms with Crippen molar-refractivity contribution in [3.63, 3.8) is 0 Å². The van der Waals surface area contributed by atoms with E-state index in [9.17, 15) is 4.79 Å². The molecular formula is C29H21BrN4O2. The van der Waals surface area contributed by atoms with E-state index < -0.39 is 5.97 Å². The SMILES string of the molecule is CCOC(=O)c1nn(-c2ccc(Br)cc2)c(-c2ccccc2)c1C1=Nc2cccc3cccc(c23)N1. The molecular weight excluding hydrogens is 516 g/mol. The zero-order valence-corrected chi connectivity index (χ0v) is 21.0. The molecule has 1 aromatic heterocycles. The zero-order valence-electron chi connectivity index (χ0n) is 19.4. The van der Waals surface area contributed by atoms with Crippen molar-refractivity contribution in [2.24, 2.45) is 4.99 Å². The monoisotopic (exact) mass is 536 g/mol. The van der Waals surface area contributed by atoms with Gasteiger partial charge in [-0.1, -0.05) is 70.5 Å². The molecule has 6 nitrogen and oxygen atoms in total. The van der Waals surface area contributed by atoms with E-state index in [1.807, 2.05) is 78.9 Å². The van der Waals surface area contributed by atoms with Crippen LogP contribution in [0.4, 0.5) is 11.4 Å². The molecule has 4 aromatic carbocycles. The number of rotatable bonds is 5. The Hall–Kier alpha value is -4.23. The van der Waals surface area contributed by atoms with Gasteiger partial charge in [-0.05, 0) is 48.7 Å². The lowest BCUT2D eigenvalue weighted by Crippen LogP contribution is -2.20. The normalized spacial score (nSPS) is 12.2. The number of aromatic nitrogens is 2. The highest BCUT2D eigenvalue weighted by Crippen LogP contribution is 2.39. The van der Waals surface area contributed by atoms with Crippen molar-refractivity contribution in [3.8, 4) is 16.9 Å². The van der Waals surface area contributed by atoms with Crippen LogP contribution < -0.4 is 5.32 Å². The molecule has 0 fully saturated rings. The molecule has 1 N–H and O–H groups in total. The molecule has 7 heteroatoms. The number of esters is 1. The summed E-state index contributed by atoms with van der Waals surface area (Å²) in [7, 11) is 0. The Morgan fingerprint density at radius 2 is 1.69 bits per heavy atom. The molecule has 5 aromatic rings. The molecule has 0 spiro atoms. The number of amidine groups is 1. The molecule has 0 aliphatic carbocycles. The van der Waals surface area contributed by atoms with E-state index in [0.717, 1.165) is 43.6 Å². The van der Waals surface area contributed by atoms with Crippen molar-refractivity contribution >= 4 is 49.9 Å². The summed E-state index contributed by atoms with van der Waals surface area (Å²) < 4.78 is 8.18. The summed E-state index contributed by atoms with van der Waals surface area (Å²) in [5, 5.41) is 10.4. The van der Waals surface area contributed by atoms with E-state index >= 15 is 0 Å². The van der Waals surface area contributed by atoms with Crippen LogP contribution in [0.5, 0.6) is 0 Å². The number of nitrogens with one attached hydrogen (secondary N) is 1. The summed E-state index contributed by atoms with van der Waals surface area (Å²) in [6.45, 7) is 2.03. The summed E-state index contributed by atoms with van der Waals surface area (Å²) in [6.07, 6.45) is 0. The van der Waals surface area contributed by atoms with E-state index in [1.54, 1.807) is 11.6 Å². The van der Waals surface area contributed by atoms with Gasteiger partial charge in [0, 0.05) is 21.1 Å². The molecule has 0 saturated heterocycles. The number of halogens is 1. The predicted octanol–water partition coefficient (Wildman–Crippen LogP) is 7.14. The van der Waals surface area contributed by atoms with Crippen molar-refractivity contribution in [2.45, 2.75) is 6.92 Å². The van der Waals surface area contributed by atoms with E-state index in [1.165, 1.54) is 0 Å². The Labute approximate surface area is 216 Å². The second-order valence-electron chi connectivity index (χ2n) is 8.31. The first-order chi connectivity index (χ1) is 17.6. The largest absolute Gasteiger partial charge is 0.461 e. The fraction of sp³-hybridized carbons (Fsp3) is 0.0690. The highest BCUT2D eigenvalue weighted by molar-refractivity contribution is 9.10. The molecule has 0 unspecified atom stereocenters. The molecule has 2 heterocycles. The number of carbonyl (C=O) groups is 1. The number of carbonyl (C=O) groups excluding carboxylic acids is 1. The van der Waals surface area contributed by atoms with Crippen molar-refractivity contribution in [1.29, 1.82) is 0 Å². The van der Waals surface area contributed by atoms with Crippen LogP contribution >= 0.6 is 15.9 Å². The first kappa shape index (κ1) is 22.2. The van der Waals surface area contributed by atoms with Crippen molar-refractivity contribution < 1.29 is 9.53 Å². The number of aliphatic imine (C=N–C) groups is 1. The lowest BCUT2D eigenvalue weighted by molar-refractivity contribution is 0.0518. The van der Waals surface area contributed by atoms with Crippen molar-refractivity contribution in [2.75, 3.05) is 11.9 Å². The predicted molar refractivity (Wildman–Crippen MR) is 146 cm³/mol. The van der Waals surface area contributed by atoms with Crippen LogP contribution in [-0.4, -0.2) is 28.2 Å². The maximum atomic E-state index is 13.2. The molecule has 0 amide bonds. The van der Waals surface area contributed by atoms with Crippen LogP contribution in [0.15, 0.2) is 100 Å². The van der Waals surface area contributed by atoms with Gasteiger partial charge in [0.05, 0.1) is 29.2 Å². The van der Waals surface area contributed by atoms with Crippen molar-refractivity contribution in [1.82, 2.24) is 9.78 Å². The third kappa shape index (κ3) is 3.78. The lowest BCUT2D eigenvalue weighted by atomic mass is 10.0. The van der Waals surface area contributed by atoms with Crippen molar-refractivity contribution in [3.05, 3.63) is 107 Å². The van der Waals surface area contributed by atoms with Gasteiger partial charge in [-0.25, -0.2) is 14.5 Å². The Morgan fingerprint density at radius 3 is 2.44 bits per heavy atom. The second kappa shape index (κ2) is 9.09. The molecule has 36 heavy (non-hydrogen) atoms. The average molecular weight is 537 g/mol. The maximum Gasteiger partial charge on any atom is 0.359 e. The van der Waals surface area contributed by atoms with Crippen LogP contribution in [0.2, 0.25) is 0 Å². The van der Waals surface area contributed by atoms with Gasteiger partial charge in [0.2, 0.25) is 0 Å². The first-order valence-electron chi connectivity index (χ1n) is 11.6. The van der Waals surface area contributed by atoms with Gasteiger partial charge in [-0.15, -0.1) is 0 Å². The molecule has 1 aliphatic rings. The maximum absolute atomic E-state index is 13.2. The molecule has 6 rings (SSSR count). The van der Waals surface area contributed by atoms with Gasteiger partial charge < -0.3 is 10.1 Å². The summed E-state index contributed by atoms with van der Waals surface area (Å²) in [6, 6.07) is 29.8. The third-order valence-electron chi connectivity index (χ3n) is 6.08. The number of hydrogen-bond donors (Lipinski definition) is 1. The highest BCUT2D eigenvalue weighted by atomic mass is 79.9. The smallest absolute Gasteiger partial charge is 0.359 e. The number of nitrogens with zero attached hydrogens (tertiary/aromatic N) is 3. The van der Waals surface area contributed by atoms with Crippen LogP contribution in [0, 0.1) is 0 Å². The molecule has 176 valence electrons. The second-order valence-corrected chi connectivity index (χ2v) is 9.23. The fourth-order valence-electron chi connectivity index (χ4n) is 4.53. The Balaban J connectivity index is 1.66. The van der Waals surface area contributed by atoms with Gasteiger partial charge in [0.25, 0.3) is 0 Å². The average Bonchev–Trinajstić information content (AvgIpc) is 3.31. The minimum absolute atomic E-state index is 0.205. The van der Waals surface area contributed by atoms with Gasteiger partial charge >= 0.3 is 5.97 Å². The molecule has 1 aliphatic heterocycles. The van der Waals surface area contributed by atoms with Crippen LogP contribution in [0.3, 0.4) is 0 Å². The van der Waals surface area contributed by atoms with E-state index in [2.05, 4.69) is 33.4 Å². The molecule has 0 bridgehead atoms. The number of ether oxygens (including phenoxy) is 1. The van der Waals surface area contributed by atoms with Gasteiger partial charge in [0.15, 0.2) is 5.69 Å². The topological polar surface area (TPSA) is 68.5 Å². The Kier molecular flexibility index (Phi) is 5.62. The molecule has 0 radical (unpaired) electrons. The minimum Gasteiger partial charge on any atom is -0.461 e. The summed E-state index contributed by atoms with van der Waals surface area (Å²) in [5.74, 6) is 0.0496. The number of hydrogen-bond acceptors (Lipinski definition) is 5. The van der Waals surface area contributed by atoms with Gasteiger partial charge in [0.1, 0.15) is 5.84 Å². The fourth-order valence-corrected chi connectivity index (χ4v) is 4.79. The van der Waals surface area contributed by atoms with E-state index in [4.69, 9.17) is 14.8 Å². The third-order valence-corrected chi connectivity index (χ3v) is 6.61.